The molecule has 8 nitrogen and oxygen atoms in total. The van der Waals surface area contributed by atoms with Crippen LogP contribution in [0.3, 0.4) is 0 Å². The average Bonchev–Trinajstić information content (AvgIpc) is 2.68. The van der Waals surface area contributed by atoms with Crippen molar-refractivity contribution in [3.8, 4) is 0 Å². The number of carbonyl (C=O) groups excluding carboxylic acids is 1. The number of hydrogen-bond donors (Lipinski definition) is 4. The Morgan fingerprint density at radius 3 is 2.32 bits per heavy atom. The standard InChI is InChI=1S/C20H23N7O/c1-14-3-5-16(6-4-14)24-20(28)23-12-11-22-17-7-8-18(27-26-17)25-19-13-15(2)9-10-21-19/h3-10,13H,11-12H2,1-2H3,(H,22,26)(H,21,25,27)(H2,23,24,28). The highest BCUT2D eigenvalue weighted by Crippen LogP contribution is 2.13. The Morgan fingerprint density at radius 1 is 0.857 bits per heavy atom. The number of nitrogens with zero attached hydrogens (tertiary/aromatic N) is 3. The predicted molar refractivity (Wildman–Crippen MR) is 111 cm³/mol. The highest BCUT2D eigenvalue weighted by Gasteiger charge is 2.02. The number of benzene rings is 1. The fraction of sp³-hybridized carbons (Fsp3) is 0.200. The van der Waals surface area contributed by atoms with Crippen molar-refractivity contribution in [3.63, 3.8) is 0 Å². The second-order valence-electron chi connectivity index (χ2n) is 6.32. The van der Waals surface area contributed by atoms with Crippen LogP contribution in [0.1, 0.15) is 11.1 Å². The highest BCUT2D eigenvalue weighted by atomic mass is 16.2. The fourth-order valence-corrected chi connectivity index (χ4v) is 2.41. The topological polar surface area (TPSA) is 104 Å². The predicted octanol–water partition coefficient (Wildman–Crippen LogP) is 3.47. The van der Waals surface area contributed by atoms with Gasteiger partial charge in [0, 0.05) is 25.0 Å². The number of pyridine rings is 1. The van der Waals surface area contributed by atoms with Gasteiger partial charge >= 0.3 is 6.03 Å². The van der Waals surface area contributed by atoms with Crippen LogP contribution in [0, 0.1) is 13.8 Å². The molecule has 3 aromatic rings. The van der Waals surface area contributed by atoms with Crippen LogP contribution in [0.15, 0.2) is 54.7 Å². The van der Waals surface area contributed by atoms with E-state index >= 15 is 0 Å². The normalized spacial score (nSPS) is 10.2. The molecule has 2 heterocycles. The molecule has 2 aromatic heterocycles. The van der Waals surface area contributed by atoms with Crippen molar-refractivity contribution < 1.29 is 4.79 Å². The van der Waals surface area contributed by atoms with Gasteiger partial charge in [0.15, 0.2) is 5.82 Å². The zero-order chi connectivity index (χ0) is 19.8. The van der Waals surface area contributed by atoms with E-state index in [2.05, 4.69) is 36.4 Å². The third-order valence-electron chi connectivity index (χ3n) is 3.86. The SMILES string of the molecule is Cc1ccc(NC(=O)NCCNc2ccc(Nc3cc(C)ccn3)nn2)cc1. The molecule has 0 radical (unpaired) electrons. The number of aryl methyl sites for hydroxylation is 2. The summed E-state index contributed by atoms with van der Waals surface area (Å²) in [6.07, 6.45) is 1.74. The van der Waals surface area contributed by atoms with E-state index in [1.807, 2.05) is 62.4 Å². The second kappa shape index (κ2) is 9.31. The molecule has 0 unspecified atom stereocenters. The van der Waals surface area contributed by atoms with Gasteiger partial charge in [0.05, 0.1) is 0 Å². The molecule has 3 rings (SSSR count). The van der Waals surface area contributed by atoms with Gasteiger partial charge in [-0.3, -0.25) is 0 Å². The molecular formula is C20H23N7O. The summed E-state index contributed by atoms with van der Waals surface area (Å²) in [5, 5.41) is 20.0. The molecule has 0 aliphatic rings. The molecule has 0 atom stereocenters. The summed E-state index contributed by atoms with van der Waals surface area (Å²) in [6, 6.07) is 14.9. The molecular weight excluding hydrogens is 354 g/mol. The maximum absolute atomic E-state index is 11.9. The third-order valence-corrected chi connectivity index (χ3v) is 3.86. The van der Waals surface area contributed by atoms with Gasteiger partial charge in [-0.05, 0) is 55.8 Å². The first-order chi connectivity index (χ1) is 13.6. The maximum atomic E-state index is 11.9. The zero-order valence-electron chi connectivity index (χ0n) is 15.9. The van der Waals surface area contributed by atoms with Gasteiger partial charge in [-0.15, -0.1) is 10.2 Å². The van der Waals surface area contributed by atoms with E-state index in [1.54, 1.807) is 6.20 Å². The molecule has 0 saturated heterocycles. The zero-order valence-corrected chi connectivity index (χ0v) is 15.9. The summed E-state index contributed by atoms with van der Waals surface area (Å²) in [5.74, 6) is 1.96. The number of nitrogens with one attached hydrogen (secondary N) is 4. The smallest absolute Gasteiger partial charge is 0.319 e. The summed E-state index contributed by atoms with van der Waals surface area (Å²) in [5.41, 5.74) is 3.02. The third kappa shape index (κ3) is 5.94. The van der Waals surface area contributed by atoms with Crippen LogP contribution in [-0.4, -0.2) is 34.3 Å². The second-order valence-corrected chi connectivity index (χ2v) is 6.32. The number of amides is 2. The maximum Gasteiger partial charge on any atom is 0.319 e. The van der Waals surface area contributed by atoms with Crippen LogP contribution in [0.25, 0.3) is 0 Å². The number of anilines is 4. The number of rotatable bonds is 7. The molecule has 2 amide bonds. The van der Waals surface area contributed by atoms with Gasteiger partial charge in [-0.25, -0.2) is 9.78 Å². The molecule has 4 N–H and O–H groups in total. The van der Waals surface area contributed by atoms with Crippen molar-refractivity contribution >= 4 is 29.2 Å². The quantitative estimate of drug-likeness (QED) is 0.470. The van der Waals surface area contributed by atoms with E-state index in [4.69, 9.17) is 0 Å². The Bertz CT molecular complexity index is 911. The van der Waals surface area contributed by atoms with Crippen molar-refractivity contribution in [2.75, 3.05) is 29.0 Å². The van der Waals surface area contributed by atoms with Crippen LogP contribution in [0.2, 0.25) is 0 Å². The fourth-order valence-electron chi connectivity index (χ4n) is 2.41. The molecule has 0 fully saturated rings. The van der Waals surface area contributed by atoms with Gasteiger partial charge in [-0.2, -0.15) is 0 Å². The Balaban J connectivity index is 1.39. The molecule has 0 saturated carbocycles. The highest BCUT2D eigenvalue weighted by molar-refractivity contribution is 5.89. The van der Waals surface area contributed by atoms with Crippen LogP contribution in [0.4, 0.5) is 27.9 Å². The van der Waals surface area contributed by atoms with Gasteiger partial charge in [-0.1, -0.05) is 17.7 Å². The minimum Gasteiger partial charge on any atom is -0.367 e. The number of carbonyl (C=O) groups is 1. The lowest BCUT2D eigenvalue weighted by Gasteiger charge is -2.09. The Morgan fingerprint density at radius 2 is 1.61 bits per heavy atom. The van der Waals surface area contributed by atoms with Crippen molar-refractivity contribution in [1.29, 1.82) is 0 Å². The molecule has 0 aliphatic carbocycles. The molecule has 0 bridgehead atoms. The first-order valence-electron chi connectivity index (χ1n) is 8.97. The van der Waals surface area contributed by atoms with E-state index in [0.29, 0.717) is 24.7 Å². The average molecular weight is 377 g/mol. The molecule has 144 valence electrons. The van der Waals surface area contributed by atoms with Crippen molar-refractivity contribution in [1.82, 2.24) is 20.5 Å². The molecule has 1 aromatic carbocycles. The van der Waals surface area contributed by atoms with Crippen LogP contribution in [0.5, 0.6) is 0 Å². The van der Waals surface area contributed by atoms with E-state index < -0.39 is 0 Å². The summed E-state index contributed by atoms with van der Waals surface area (Å²) in [4.78, 5) is 16.1. The van der Waals surface area contributed by atoms with E-state index in [1.165, 1.54) is 0 Å². The minimum atomic E-state index is -0.248. The van der Waals surface area contributed by atoms with Gasteiger partial charge in [0.2, 0.25) is 0 Å². The first-order valence-corrected chi connectivity index (χ1v) is 8.97. The van der Waals surface area contributed by atoms with Crippen LogP contribution in [-0.2, 0) is 0 Å². The number of urea groups is 1. The van der Waals surface area contributed by atoms with Gasteiger partial charge < -0.3 is 21.3 Å². The molecule has 0 spiro atoms. The van der Waals surface area contributed by atoms with Crippen LogP contribution >= 0.6 is 0 Å². The molecule has 8 heteroatoms. The summed E-state index contributed by atoms with van der Waals surface area (Å²) in [6.45, 7) is 4.98. The summed E-state index contributed by atoms with van der Waals surface area (Å²) in [7, 11) is 0. The lowest BCUT2D eigenvalue weighted by atomic mass is 10.2. The lowest BCUT2D eigenvalue weighted by molar-refractivity contribution is 0.252. The van der Waals surface area contributed by atoms with Gasteiger partial charge in [0.25, 0.3) is 0 Å². The molecule has 0 aliphatic heterocycles. The lowest BCUT2D eigenvalue weighted by Crippen LogP contribution is -2.32. The Hall–Kier alpha value is -3.68. The summed E-state index contributed by atoms with van der Waals surface area (Å²) >= 11 is 0. The van der Waals surface area contributed by atoms with Crippen LogP contribution < -0.4 is 21.3 Å². The van der Waals surface area contributed by atoms with Crippen molar-refractivity contribution in [2.45, 2.75) is 13.8 Å². The largest absolute Gasteiger partial charge is 0.367 e. The minimum absolute atomic E-state index is 0.248. The van der Waals surface area contributed by atoms with Crippen molar-refractivity contribution in [3.05, 3.63) is 65.9 Å². The van der Waals surface area contributed by atoms with E-state index in [-0.39, 0.29) is 6.03 Å². The number of aromatic nitrogens is 3. The van der Waals surface area contributed by atoms with Crippen molar-refractivity contribution in [2.24, 2.45) is 0 Å². The monoisotopic (exact) mass is 377 g/mol. The first kappa shape index (κ1) is 19.1. The molecule has 28 heavy (non-hydrogen) atoms. The summed E-state index contributed by atoms with van der Waals surface area (Å²) < 4.78 is 0. The van der Waals surface area contributed by atoms with E-state index in [0.717, 1.165) is 22.6 Å². The Labute approximate surface area is 163 Å². The van der Waals surface area contributed by atoms with Gasteiger partial charge in [0.1, 0.15) is 11.6 Å². The number of hydrogen-bond acceptors (Lipinski definition) is 6. The Kier molecular flexibility index (Phi) is 6.35. The van der Waals surface area contributed by atoms with E-state index in [9.17, 15) is 4.79 Å².